The molecule has 0 aliphatic carbocycles. The van der Waals surface area contributed by atoms with Gasteiger partial charge in [-0.2, -0.15) is 4.98 Å². The quantitative estimate of drug-likeness (QED) is 0.349. The molecule has 0 saturated carbocycles. The van der Waals surface area contributed by atoms with Crippen molar-refractivity contribution in [1.29, 1.82) is 0 Å². The highest BCUT2D eigenvalue weighted by Gasteiger charge is 2.24. The number of halogens is 1. The van der Waals surface area contributed by atoms with Crippen molar-refractivity contribution in [2.45, 2.75) is 38.6 Å². The molecule has 1 aliphatic heterocycles. The minimum atomic E-state index is -0.322. The molecule has 1 N–H and O–H groups in total. The van der Waals surface area contributed by atoms with Crippen LogP contribution in [0.3, 0.4) is 0 Å². The van der Waals surface area contributed by atoms with Crippen LogP contribution in [0.1, 0.15) is 44.2 Å². The van der Waals surface area contributed by atoms with Crippen molar-refractivity contribution in [2.24, 2.45) is 0 Å². The number of rotatable bonds is 7. The molecule has 2 aromatic carbocycles. The molecule has 1 saturated heterocycles. The van der Waals surface area contributed by atoms with Crippen LogP contribution in [0.5, 0.6) is 23.4 Å². The second kappa shape index (κ2) is 10.2. The number of ether oxygens (including phenoxy) is 2. The molecule has 0 atom stereocenters. The Bertz CT molecular complexity index is 1270. The van der Waals surface area contributed by atoms with Gasteiger partial charge in [0, 0.05) is 12.2 Å². The molecule has 1 aliphatic rings. The van der Waals surface area contributed by atoms with Gasteiger partial charge in [-0.05, 0) is 79.9 Å². The Kier molecular flexibility index (Phi) is 6.72. The summed E-state index contributed by atoms with van der Waals surface area (Å²) in [5, 5.41) is 3.40. The van der Waals surface area contributed by atoms with E-state index < -0.39 is 0 Å². The Morgan fingerprint density at radius 2 is 1.60 bits per heavy atom. The first-order chi connectivity index (χ1) is 17.1. The number of imidazole rings is 1. The molecular weight excluding hydrogens is 445 g/mol. The third-order valence-corrected chi connectivity index (χ3v) is 6.12. The standard InChI is InChI=1S/C27H28FN5O2/c1-18(2)19-3-7-23(8-4-19)35-27-30-16-13-24(32-27)25-26(34-22-9-5-20(28)6-10-22)31-17-33(25)21-11-14-29-15-12-21/h3-10,13,16-18,21,29H,11-12,14-15H2,1-2H3. The van der Waals surface area contributed by atoms with E-state index >= 15 is 0 Å². The van der Waals surface area contributed by atoms with Crippen LogP contribution in [0.25, 0.3) is 11.4 Å². The van der Waals surface area contributed by atoms with Gasteiger partial charge in [-0.25, -0.2) is 14.4 Å². The van der Waals surface area contributed by atoms with Crippen molar-refractivity contribution in [3.63, 3.8) is 0 Å². The zero-order valence-corrected chi connectivity index (χ0v) is 19.8. The summed E-state index contributed by atoms with van der Waals surface area (Å²) in [6.07, 6.45) is 5.39. The highest BCUT2D eigenvalue weighted by Crippen LogP contribution is 2.36. The lowest BCUT2D eigenvalue weighted by molar-refractivity contribution is 0.368. The molecule has 5 rings (SSSR count). The topological polar surface area (TPSA) is 74.1 Å². The predicted octanol–water partition coefficient (Wildman–Crippen LogP) is 6.11. The molecule has 2 aromatic heterocycles. The zero-order chi connectivity index (χ0) is 24.2. The Hall–Kier alpha value is -3.78. The fourth-order valence-corrected chi connectivity index (χ4v) is 4.18. The summed E-state index contributed by atoms with van der Waals surface area (Å²) in [7, 11) is 0. The minimum Gasteiger partial charge on any atom is -0.437 e. The number of aromatic nitrogens is 4. The Morgan fingerprint density at radius 1 is 0.914 bits per heavy atom. The fourth-order valence-electron chi connectivity index (χ4n) is 4.18. The van der Waals surface area contributed by atoms with Crippen LogP contribution in [0.2, 0.25) is 0 Å². The van der Waals surface area contributed by atoms with Crippen LogP contribution in [0, 0.1) is 5.82 Å². The summed E-state index contributed by atoms with van der Waals surface area (Å²) in [6.45, 7) is 6.17. The number of nitrogens with one attached hydrogen (secondary N) is 1. The third kappa shape index (κ3) is 5.33. The van der Waals surface area contributed by atoms with Gasteiger partial charge >= 0.3 is 6.01 Å². The van der Waals surface area contributed by atoms with Crippen LogP contribution < -0.4 is 14.8 Å². The van der Waals surface area contributed by atoms with Gasteiger partial charge in [0.25, 0.3) is 0 Å². The van der Waals surface area contributed by atoms with Crippen LogP contribution in [-0.2, 0) is 0 Å². The molecular formula is C27H28FN5O2. The number of hydrogen-bond donors (Lipinski definition) is 1. The highest BCUT2D eigenvalue weighted by molar-refractivity contribution is 5.62. The van der Waals surface area contributed by atoms with Gasteiger partial charge in [-0.1, -0.05) is 26.0 Å². The van der Waals surface area contributed by atoms with Crippen molar-refractivity contribution in [2.75, 3.05) is 13.1 Å². The largest absolute Gasteiger partial charge is 0.437 e. The fraction of sp³-hybridized carbons (Fsp3) is 0.296. The van der Waals surface area contributed by atoms with Crippen molar-refractivity contribution in [3.8, 4) is 34.8 Å². The van der Waals surface area contributed by atoms with E-state index in [2.05, 4.69) is 33.7 Å². The van der Waals surface area contributed by atoms with Gasteiger partial charge in [-0.3, -0.25) is 0 Å². The second-order valence-corrected chi connectivity index (χ2v) is 8.89. The lowest BCUT2D eigenvalue weighted by Gasteiger charge is -2.25. The van der Waals surface area contributed by atoms with Crippen molar-refractivity contribution >= 4 is 0 Å². The van der Waals surface area contributed by atoms with Crippen LogP contribution >= 0.6 is 0 Å². The molecule has 4 aromatic rings. The van der Waals surface area contributed by atoms with Gasteiger partial charge in [-0.15, -0.1) is 0 Å². The van der Waals surface area contributed by atoms with E-state index in [9.17, 15) is 4.39 Å². The lowest BCUT2D eigenvalue weighted by Crippen LogP contribution is -2.29. The molecule has 1 fully saturated rings. The number of nitrogens with zero attached hydrogens (tertiary/aromatic N) is 4. The van der Waals surface area contributed by atoms with Gasteiger partial charge in [0.2, 0.25) is 5.88 Å². The van der Waals surface area contributed by atoms with Gasteiger partial charge in [0.1, 0.15) is 23.0 Å². The minimum absolute atomic E-state index is 0.241. The second-order valence-electron chi connectivity index (χ2n) is 8.89. The van der Waals surface area contributed by atoms with Crippen LogP contribution in [0.4, 0.5) is 4.39 Å². The molecule has 7 nitrogen and oxygen atoms in total. The molecule has 35 heavy (non-hydrogen) atoms. The van der Waals surface area contributed by atoms with E-state index in [1.54, 1.807) is 24.7 Å². The monoisotopic (exact) mass is 473 g/mol. The van der Waals surface area contributed by atoms with E-state index in [1.165, 1.54) is 17.7 Å². The molecule has 3 heterocycles. The van der Waals surface area contributed by atoms with Crippen molar-refractivity contribution < 1.29 is 13.9 Å². The van der Waals surface area contributed by atoms with Crippen molar-refractivity contribution in [1.82, 2.24) is 24.8 Å². The number of benzene rings is 2. The molecule has 0 spiro atoms. The van der Waals surface area contributed by atoms with Crippen molar-refractivity contribution in [3.05, 3.63) is 78.5 Å². The average molecular weight is 474 g/mol. The summed E-state index contributed by atoms with van der Waals surface area (Å²) in [4.78, 5) is 13.6. The lowest BCUT2D eigenvalue weighted by atomic mass is 10.0. The first kappa shape index (κ1) is 23.0. The summed E-state index contributed by atoms with van der Waals surface area (Å²) >= 11 is 0. The molecule has 0 bridgehead atoms. The van der Waals surface area contributed by atoms with E-state index in [0.717, 1.165) is 31.6 Å². The average Bonchev–Trinajstić information content (AvgIpc) is 3.30. The van der Waals surface area contributed by atoms with E-state index in [-0.39, 0.29) is 17.9 Å². The number of hydrogen-bond acceptors (Lipinski definition) is 6. The first-order valence-corrected chi connectivity index (χ1v) is 11.9. The van der Waals surface area contributed by atoms with E-state index in [4.69, 9.17) is 14.5 Å². The molecule has 0 amide bonds. The maximum atomic E-state index is 13.4. The maximum absolute atomic E-state index is 13.4. The summed E-state index contributed by atoms with van der Waals surface area (Å²) in [5.74, 6) is 1.69. The Labute approximate surface area is 204 Å². The predicted molar refractivity (Wildman–Crippen MR) is 131 cm³/mol. The van der Waals surface area contributed by atoms with Gasteiger partial charge in [0.05, 0.1) is 12.0 Å². The summed E-state index contributed by atoms with van der Waals surface area (Å²) < 4.78 is 27.5. The Balaban J connectivity index is 1.48. The summed E-state index contributed by atoms with van der Waals surface area (Å²) in [6, 6.07) is 16.1. The number of piperidine rings is 1. The Morgan fingerprint density at radius 3 is 2.31 bits per heavy atom. The molecule has 8 heteroatoms. The smallest absolute Gasteiger partial charge is 0.322 e. The van der Waals surface area contributed by atoms with E-state index in [1.807, 2.05) is 30.3 Å². The molecule has 0 unspecified atom stereocenters. The maximum Gasteiger partial charge on any atom is 0.322 e. The normalized spacial score (nSPS) is 14.3. The SMILES string of the molecule is CC(C)c1ccc(Oc2nccc(-c3c(Oc4ccc(F)cc4)ncn3C3CCNCC3)n2)cc1. The molecule has 180 valence electrons. The van der Waals surface area contributed by atoms with Crippen LogP contribution in [-0.4, -0.2) is 32.6 Å². The van der Waals surface area contributed by atoms with Gasteiger partial charge < -0.3 is 19.4 Å². The van der Waals surface area contributed by atoms with Gasteiger partial charge in [0.15, 0.2) is 0 Å². The summed E-state index contributed by atoms with van der Waals surface area (Å²) in [5.41, 5.74) is 2.62. The van der Waals surface area contributed by atoms with Crippen LogP contribution in [0.15, 0.2) is 67.1 Å². The zero-order valence-electron chi connectivity index (χ0n) is 19.8. The van der Waals surface area contributed by atoms with E-state index in [0.29, 0.717) is 29.0 Å². The third-order valence-electron chi connectivity index (χ3n) is 6.12. The molecule has 0 radical (unpaired) electrons. The first-order valence-electron chi connectivity index (χ1n) is 11.9. The highest BCUT2D eigenvalue weighted by atomic mass is 19.1.